The fourth-order valence-electron chi connectivity index (χ4n) is 2.97. The summed E-state index contributed by atoms with van der Waals surface area (Å²) in [4.78, 5) is 29.1. The molecule has 3 rings (SSSR count). The quantitative estimate of drug-likeness (QED) is 0.937. The number of rotatable bonds is 4. The van der Waals surface area contributed by atoms with E-state index in [1.165, 1.54) is 4.57 Å². The molecule has 23 heavy (non-hydrogen) atoms. The lowest BCUT2D eigenvalue weighted by molar-refractivity contribution is 0.0852. The highest BCUT2D eigenvalue weighted by atomic mass is 16.5. The van der Waals surface area contributed by atoms with E-state index in [4.69, 9.17) is 4.74 Å². The monoisotopic (exact) mass is 315 g/mol. The minimum absolute atomic E-state index is 0.137. The van der Waals surface area contributed by atoms with Crippen molar-refractivity contribution in [3.05, 3.63) is 56.7 Å². The highest BCUT2D eigenvalue weighted by molar-refractivity contribution is 5.63. The summed E-state index contributed by atoms with van der Waals surface area (Å²) in [6, 6.07) is 9.85. The van der Waals surface area contributed by atoms with Crippen molar-refractivity contribution >= 4 is 11.5 Å². The molecule has 0 radical (unpaired) electrons. The number of hydrogen-bond donors (Lipinski definition) is 1. The van der Waals surface area contributed by atoms with Gasteiger partial charge in [-0.05, 0) is 38.3 Å². The molecule has 0 unspecified atom stereocenters. The molecule has 122 valence electrons. The summed E-state index contributed by atoms with van der Waals surface area (Å²) in [5.74, 6) is 0.663. The van der Waals surface area contributed by atoms with Crippen LogP contribution < -0.4 is 16.1 Å². The summed E-state index contributed by atoms with van der Waals surface area (Å²) in [7, 11) is 0. The fraction of sp³-hybridized carbons (Fsp3) is 0.412. The Morgan fingerprint density at radius 1 is 1.17 bits per heavy atom. The fourth-order valence-corrected chi connectivity index (χ4v) is 2.97. The van der Waals surface area contributed by atoms with E-state index in [1.54, 1.807) is 0 Å². The van der Waals surface area contributed by atoms with Crippen LogP contribution in [0.15, 0.2) is 39.9 Å². The number of nitrogens with zero attached hydrogens (tertiary/aromatic N) is 2. The first kappa shape index (κ1) is 15.6. The summed E-state index contributed by atoms with van der Waals surface area (Å²) < 4.78 is 6.97. The summed E-state index contributed by atoms with van der Waals surface area (Å²) in [6.07, 6.45) is 2.55. The van der Waals surface area contributed by atoms with E-state index in [0.717, 1.165) is 25.1 Å². The Balaban J connectivity index is 2.21. The predicted octanol–water partition coefficient (Wildman–Crippen LogP) is 2.00. The molecule has 1 N–H and O–H groups in total. The number of fused-ring (bicyclic) bond motifs is 1. The van der Waals surface area contributed by atoms with E-state index < -0.39 is 5.69 Å². The first-order valence-corrected chi connectivity index (χ1v) is 7.98. The Kier molecular flexibility index (Phi) is 4.62. The lowest BCUT2D eigenvalue weighted by Gasteiger charge is -2.27. The summed E-state index contributed by atoms with van der Waals surface area (Å²) in [5.41, 5.74) is 0.919. The molecule has 6 heteroatoms. The Hall–Kier alpha value is -2.34. The van der Waals surface area contributed by atoms with Crippen LogP contribution in [0.25, 0.3) is 0 Å². The molecule has 0 amide bonds. The molecule has 2 heterocycles. The second kappa shape index (κ2) is 6.83. The van der Waals surface area contributed by atoms with Crippen molar-refractivity contribution in [1.82, 2.24) is 9.55 Å². The normalized spacial score (nSPS) is 14.4. The molecular weight excluding hydrogens is 294 g/mol. The van der Waals surface area contributed by atoms with E-state index >= 15 is 0 Å². The van der Waals surface area contributed by atoms with Gasteiger partial charge in [0.05, 0.1) is 5.56 Å². The van der Waals surface area contributed by atoms with Crippen molar-refractivity contribution < 1.29 is 4.74 Å². The number of benzene rings is 1. The minimum Gasteiger partial charge on any atom is -0.361 e. The highest BCUT2D eigenvalue weighted by Gasteiger charge is 2.24. The SMILES string of the molecule is CCOCn1c2c(c(=O)[nH]c1=O)CCCCN2c1ccccc1. The van der Waals surface area contributed by atoms with Crippen molar-refractivity contribution in [3.8, 4) is 0 Å². The van der Waals surface area contributed by atoms with Crippen molar-refractivity contribution in [2.75, 3.05) is 18.1 Å². The molecule has 0 aliphatic carbocycles. The largest absolute Gasteiger partial charge is 0.361 e. The second-order valence-corrected chi connectivity index (χ2v) is 5.56. The third-order valence-corrected chi connectivity index (χ3v) is 4.07. The van der Waals surface area contributed by atoms with Crippen LogP contribution >= 0.6 is 0 Å². The average Bonchev–Trinajstić information content (AvgIpc) is 2.79. The molecule has 1 aliphatic heterocycles. The van der Waals surface area contributed by atoms with Crippen molar-refractivity contribution in [2.45, 2.75) is 32.9 Å². The number of aromatic amines is 1. The smallest absolute Gasteiger partial charge is 0.331 e. The third kappa shape index (κ3) is 3.07. The van der Waals surface area contributed by atoms with Crippen LogP contribution in [0.1, 0.15) is 25.3 Å². The molecule has 1 aromatic heterocycles. The summed E-state index contributed by atoms with van der Waals surface area (Å²) in [5, 5.41) is 0. The standard InChI is InChI=1S/C17H21N3O3/c1-2-23-12-20-16-14(15(21)18-17(20)22)10-6-7-11-19(16)13-8-4-3-5-9-13/h3-5,8-9H,2,6-7,10-12H2,1H3,(H,18,21,22). The number of ether oxygens (including phenoxy) is 1. The molecule has 0 saturated heterocycles. The Labute approximate surface area is 134 Å². The van der Waals surface area contributed by atoms with Crippen LogP contribution in [-0.4, -0.2) is 22.7 Å². The van der Waals surface area contributed by atoms with Gasteiger partial charge in [-0.1, -0.05) is 18.2 Å². The van der Waals surface area contributed by atoms with Gasteiger partial charge in [0, 0.05) is 18.8 Å². The molecule has 0 bridgehead atoms. The summed E-state index contributed by atoms with van der Waals surface area (Å²) in [6.45, 7) is 3.29. The van der Waals surface area contributed by atoms with Gasteiger partial charge >= 0.3 is 5.69 Å². The number of hydrogen-bond acceptors (Lipinski definition) is 4. The number of H-pyrrole nitrogens is 1. The number of nitrogens with one attached hydrogen (secondary N) is 1. The van der Waals surface area contributed by atoms with Gasteiger partial charge in [0.15, 0.2) is 0 Å². The first-order chi connectivity index (χ1) is 11.2. The number of anilines is 2. The van der Waals surface area contributed by atoms with Crippen LogP contribution in [0.2, 0.25) is 0 Å². The lowest BCUT2D eigenvalue weighted by atomic mass is 10.1. The van der Waals surface area contributed by atoms with Gasteiger partial charge in [0.1, 0.15) is 12.5 Å². The average molecular weight is 315 g/mol. The van der Waals surface area contributed by atoms with Crippen LogP contribution in [0, 0.1) is 0 Å². The van der Waals surface area contributed by atoms with Crippen molar-refractivity contribution in [3.63, 3.8) is 0 Å². The second-order valence-electron chi connectivity index (χ2n) is 5.56. The van der Waals surface area contributed by atoms with Crippen LogP contribution in [0.4, 0.5) is 11.5 Å². The van der Waals surface area contributed by atoms with E-state index in [9.17, 15) is 9.59 Å². The molecule has 0 spiro atoms. The number of para-hydroxylation sites is 1. The van der Waals surface area contributed by atoms with Crippen LogP contribution in [0.5, 0.6) is 0 Å². The molecule has 0 atom stereocenters. The van der Waals surface area contributed by atoms with Gasteiger partial charge in [-0.25, -0.2) is 4.79 Å². The Morgan fingerprint density at radius 3 is 2.70 bits per heavy atom. The van der Waals surface area contributed by atoms with E-state index in [2.05, 4.69) is 9.88 Å². The lowest BCUT2D eigenvalue weighted by Crippen LogP contribution is -2.37. The number of aromatic nitrogens is 2. The maximum Gasteiger partial charge on any atom is 0.331 e. The molecule has 1 aliphatic rings. The van der Waals surface area contributed by atoms with E-state index in [-0.39, 0.29) is 12.3 Å². The molecular formula is C17H21N3O3. The van der Waals surface area contributed by atoms with Gasteiger partial charge in [-0.2, -0.15) is 0 Å². The predicted molar refractivity (Wildman–Crippen MR) is 89.3 cm³/mol. The van der Waals surface area contributed by atoms with Crippen LogP contribution in [0.3, 0.4) is 0 Å². The molecule has 0 saturated carbocycles. The van der Waals surface area contributed by atoms with Gasteiger partial charge in [0.2, 0.25) is 0 Å². The maximum absolute atomic E-state index is 12.3. The highest BCUT2D eigenvalue weighted by Crippen LogP contribution is 2.30. The van der Waals surface area contributed by atoms with Crippen molar-refractivity contribution in [1.29, 1.82) is 0 Å². The maximum atomic E-state index is 12.3. The first-order valence-electron chi connectivity index (χ1n) is 7.98. The zero-order chi connectivity index (χ0) is 16.2. The summed E-state index contributed by atoms with van der Waals surface area (Å²) >= 11 is 0. The molecule has 6 nitrogen and oxygen atoms in total. The van der Waals surface area contributed by atoms with Gasteiger partial charge < -0.3 is 9.64 Å². The van der Waals surface area contributed by atoms with E-state index in [1.807, 2.05) is 37.3 Å². The topological polar surface area (TPSA) is 67.3 Å². The molecule has 1 aromatic carbocycles. The third-order valence-electron chi connectivity index (χ3n) is 4.07. The zero-order valence-electron chi connectivity index (χ0n) is 13.2. The minimum atomic E-state index is -0.426. The van der Waals surface area contributed by atoms with Gasteiger partial charge in [-0.15, -0.1) is 0 Å². The van der Waals surface area contributed by atoms with Gasteiger partial charge in [0.25, 0.3) is 5.56 Å². The molecule has 0 fully saturated rings. The van der Waals surface area contributed by atoms with E-state index in [0.29, 0.717) is 24.4 Å². The Bertz CT molecular complexity index is 780. The zero-order valence-corrected chi connectivity index (χ0v) is 13.2. The van der Waals surface area contributed by atoms with Crippen molar-refractivity contribution in [2.24, 2.45) is 0 Å². The van der Waals surface area contributed by atoms with Crippen LogP contribution in [-0.2, 0) is 17.9 Å². The van der Waals surface area contributed by atoms with Gasteiger partial charge in [-0.3, -0.25) is 14.3 Å². The Morgan fingerprint density at radius 2 is 1.96 bits per heavy atom. The molecule has 2 aromatic rings.